The summed E-state index contributed by atoms with van der Waals surface area (Å²) in [6.07, 6.45) is 6.07. The molecule has 0 N–H and O–H groups in total. The molecule has 2 aliphatic carbocycles. The fraction of sp³-hybridized carbons (Fsp3) is 0.263. The molecule has 0 spiro atoms. The van der Waals surface area contributed by atoms with Gasteiger partial charge in [0, 0.05) is 22.4 Å². The molecule has 2 unspecified atom stereocenters. The van der Waals surface area contributed by atoms with Crippen LogP contribution in [-0.2, 0) is 0 Å². The summed E-state index contributed by atoms with van der Waals surface area (Å²) in [5.41, 5.74) is 4.82. The average molecular weight is 270 g/mol. The van der Waals surface area contributed by atoms with Crippen LogP contribution in [0.1, 0.15) is 47.8 Å². The van der Waals surface area contributed by atoms with Gasteiger partial charge in [-0.2, -0.15) is 5.26 Å². The van der Waals surface area contributed by atoms with Gasteiger partial charge in [0.15, 0.2) is 0 Å². The molecule has 0 amide bonds. The van der Waals surface area contributed by atoms with Crippen LogP contribution in [0.2, 0.25) is 0 Å². The van der Waals surface area contributed by atoms with Crippen LogP contribution in [0, 0.1) is 11.3 Å². The van der Waals surface area contributed by atoms with E-state index in [0.717, 1.165) is 33.7 Å². The van der Waals surface area contributed by atoms with E-state index in [9.17, 15) is 5.26 Å². The zero-order valence-corrected chi connectivity index (χ0v) is 11.6. The van der Waals surface area contributed by atoms with Crippen LogP contribution in [0.15, 0.2) is 36.5 Å². The van der Waals surface area contributed by atoms with Crippen LogP contribution in [0.4, 0.5) is 0 Å². The fourth-order valence-corrected chi connectivity index (χ4v) is 4.46. The third-order valence-corrected chi connectivity index (χ3v) is 5.37. The largest absolute Gasteiger partial charge is 0.255 e. The zero-order chi connectivity index (χ0) is 14.0. The minimum absolute atomic E-state index is 0.729. The predicted octanol–water partition coefficient (Wildman–Crippen LogP) is 4.62. The van der Waals surface area contributed by atoms with Gasteiger partial charge < -0.3 is 0 Å². The number of nitrogens with zero attached hydrogens (tertiary/aromatic N) is 2. The highest BCUT2D eigenvalue weighted by atomic mass is 14.7. The first-order valence-electron chi connectivity index (χ1n) is 7.61. The van der Waals surface area contributed by atoms with Gasteiger partial charge in [0.1, 0.15) is 0 Å². The molecule has 2 bridgehead atoms. The van der Waals surface area contributed by atoms with E-state index in [-0.39, 0.29) is 0 Å². The molecule has 3 aromatic rings. The van der Waals surface area contributed by atoms with Crippen LogP contribution < -0.4 is 0 Å². The van der Waals surface area contributed by atoms with Gasteiger partial charge in [0.2, 0.25) is 0 Å². The van der Waals surface area contributed by atoms with Crippen LogP contribution in [0.25, 0.3) is 21.7 Å². The molecule has 0 radical (unpaired) electrons. The maximum Gasteiger partial charge on any atom is 0.0998 e. The highest BCUT2D eigenvalue weighted by molar-refractivity contribution is 6.08. The summed E-state index contributed by atoms with van der Waals surface area (Å²) in [6.45, 7) is 0. The summed E-state index contributed by atoms with van der Waals surface area (Å²) in [5.74, 6) is 1.47. The van der Waals surface area contributed by atoms with E-state index in [1.807, 2.05) is 12.1 Å². The van der Waals surface area contributed by atoms with E-state index >= 15 is 0 Å². The number of fused-ring (bicyclic) bond motifs is 9. The maximum absolute atomic E-state index is 9.28. The molecule has 2 heteroatoms. The Morgan fingerprint density at radius 2 is 1.86 bits per heavy atom. The molecule has 2 atom stereocenters. The smallest absolute Gasteiger partial charge is 0.0998 e. The van der Waals surface area contributed by atoms with Gasteiger partial charge >= 0.3 is 0 Å². The minimum atomic E-state index is 0.729. The third kappa shape index (κ3) is 1.34. The van der Waals surface area contributed by atoms with Gasteiger partial charge in [0.05, 0.1) is 17.1 Å². The lowest BCUT2D eigenvalue weighted by molar-refractivity contribution is 0.719. The number of nitriles is 1. The lowest BCUT2D eigenvalue weighted by atomic mass is 9.89. The molecule has 2 aliphatic rings. The van der Waals surface area contributed by atoms with Crippen molar-refractivity contribution in [2.24, 2.45) is 0 Å². The Bertz CT molecular complexity index is 949. The Morgan fingerprint density at radius 3 is 2.76 bits per heavy atom. The Hall–Kier alpha value is -2.40. The van der Waals surface area contributed by atoms with Crippen LogP contribution in [0.3, 0.4) is 0 Å². The zero-order valence-electron chi connectivity index (χ0n) is 11.6. The fourth-order valence-electron chi connectivity index (χ4n) is 4.46. The standard InChI is InChI=1S/C19H14N2/c20-9-13-2-1-3-15-14(13)6-7-16-18-12-5-4-11(8-12)17(18)10-21-19(15)16/h1-3,6-7,10-12H,4-5,8H2. The van der Waals surface area contributed by atoms with E-state index in [2.05, 4.69) is 30.5 Å². The van der Waals surface area contributed by atoms with E-state index < -0.39 is 0 Å². The van der Waals surface area contributed by atoms with Gasteiger partial charge in [-0.3, -0.25) is 4.98 Å². The summed E-state index contributed by atoms with van der Waals surface area (Å²) in [5, 5.41) is 12.7. The van der Waals surface area contributed by atoms with Crippen molar-refractivity contribution in [3.05, 3.63) is 53.2 Å². The molecule has 1 heterocycles. The summed E-state index contributed by atoms with van der Waals surface area (Å²) in [4.78, 5) is 4.77. The SMILES string of the molecule is N#Cc1cccc2c1ccc1c3c(cnc12)C1CCC3C1. The van der Waals surface area contributed by atoms with Crippen LogP contribution in [-0.4, -0.2) is 4.98 Å². The van der Waals surface area contributed by atoms with Crippen molar-refractivity contribution in [1.29, 1.82) is 5.26 Å². The van der Waals surface area contributed by atoms with Gasteiger partial charge in [-0.05, 0) is 48.3 Å². The van der Waals surface area contributed by atoms with Crippen molar-refractivity contribution in [3.8, 4) is 6.07 Å². The monoisotopic (exact) mass is 270 g/mol. The average Bonchev–Trinajstić information content (AvgIpc) is 3.15. The molecular formula is C19H14N2. The second kappa shape index (κ2) is 3.83. The highest BCUT2D eigenvalue weighted by Gasteiger charge is 2.38. The predicted molar refractivity (Wildman–Crippen MR) is 83.3 cm³/mol. The van der Waals surface area contributed by atoms with Gasteiger partial charge in [-0.15, -0.1) is 0 Å². The van der Waals surface area contributed by atoms with E-state index in [0.29, 0.717) is 0 Å². The first-order chi connectivity index (χ1) is 10.4. The molecule has 5 rings (SSSR count). The minimum Gasteiger partial charge on any atom is -0.255 e. The second-order valence-electron chi connectivity index (χ2n) is 6.31. The summed E-state index contributed by atoms with van der Waals surface area (Å²) < 4.78 is 0. The molecule has 1 fully saturated rings. The molecule has 1 aromatic heterocycles. The van der Waals surface area contributed by atoms with E-state index in [1.165, 1.54) is 30.2 Å². The van der Waals surface area contributed by atoms with E-state index in [1.54, 1.807) is 5.56 Å². The quantitative estimate of drug-likeness (QED) is 0.559. The Balaban J connectivity index is 1.94. The van der Waals surface area contributed by atoms with Gasteiger partial charge in [-0.1, -0.05) is 24.3 Å². The summed E-state index contributed by atoms with van der Waals surface area (Å²) in [6, 6.07) is 12.5. The van der Waals surface area contributed by atoms with Crippen molar-refractivity contribution >= 4 is 21.7 Å². The normalized spacial score (nSPS) is 22.6. The second-order valence-corrected chi connectivity index (χ2v) is 6.31. The van der Waals surface area contributed by atoms with Gasteiger partial charge in [-0.25, -0.2) is 0 Å². The number of aromatic nitrogens is 1. The molecule has 2 aromatic carbocycles. The number of rotatable bonds is 0. The molecule has 21 heavy (non-hydrogen) atoms. The molecular weight excluding hydrogens is 256 g/mol. The molecule has 0 saturated heterocycles. The Labute approximate surface area is 123 Å². The van der Waals surface area contributed by atoms with Crippen molar-refractivity contribution < 1.29 is 0 Å². The van der Waals surface area contributed by atoms with Crippen molar-refractivity contribution in [2.75, 3.05) is 0 Å². The lowest BCUT2D eigenvalue weighted by Crippen LogP contribution is -2.00. The summed E-state index contributed by atoms with van der Waals surface area (Å²) >= 11 is 0. The number of benzene rings is 2. The Kier molecular flexibility index (Phi) is 2.06. The van der Waals surface area contributed by atoms with Crippen LogP contribution >= 0.6 is 0 Å². The highest BCUT2D eigenvalue weighted by Crippen LogP contribution is 2.54. The first kappa shape index (κ1) is 11.3. The summed E-state index contributed by atoms with van der Waals surface area (Å²) in [7, 11) is 0. The van der Waals surface area contributed by atoms with E-state index in [4.69, 9.17) is 4.98 Å². The van der Waals surface area contributed by atoms with Crippen molar-refractivity contribution in [1.82, 2.24) is 4.98 Å². The Morgan fingerprint density at radius 1 is 1.00 bits per heavy atom. The van der Waals surface area contributed by atoms with Crippen molar-refractivity contribution in [2.45, 2.75) is 31.1 Å². The molecule has 0 aliphatic heterocycles. The number of pyridine rings is 1. The molecule has 2 nitrogen and oxygen atoms in total. The first-order valence-corrected chi connectivity index (χ1v) is 7.61. The van der Waals surface area contributed by atoms with Crippen molar-refractivity contribution in [3.63, 3.8) is 0 Å². The van der Waals surface area contributed by atoms with Crippen LogP contribution in [0.5, 0.6) is 0 Å². The van der Waals surface area contributed by atoms with Gasteiger partial charge in [0.25, 0.3) is 0 Å². The lowest BCUT2D eigenvalue weighted by Gasteiger charge is -2.17. The number of hydrogen-bond donors (Lipinski definition) is 0. The topological polar surface area (TPSA) is 36.7 Å². The third-order valence-electron chi connectivity index (χ3n) is 5.37. The number of hydrogen-bond acceptors (Lipinski definition) is 2. The molecule has 100 valence electrons. The molecule has 1 saturated carbocycles. The maximum atomic E-state index is 9.28.